The smallest absolute Gasteiger partial charge is 0.269 e. The molecule has 0 heterocycles. The van der Waals surface area contributed by atoms with Crippen LogP contribution in [0.1, 0.15) is 5.56 Å². The molecule has 2 aromatic rings. The fourth-order valence-electron chi connectivity index (χ4n) is 1.94. The molecule has 0 radical (unpaired) electrons. The predicted octanol–water partition coefficient (Wildman–Crippen LogP) is 1.91. The van der Waals surface area contributed by atoms with Crippen LogP contribution in [0, 0.1) is 10.1 Å². The lowest BCUT2D eigenvalue weighted by atomic mass is 10.2. The Bertz CT molecular complexity index is 631. The van der Waals surface area contributed by atoms with Crippen molar-refractivity contribution in [2.24, 2.45) is 0 Å². The van der Waals surface area contributed by atoms with Crippen molar-refractivity contribution >= 4 is 5.69 Å². The summed E-state index contributed by atoms with van der Waals surface area (Å²) in [5.74, 6) is 0.372. The highest BCUT2D eigenvalue weighted by molar-refractivity contribution is 5.35. The minimum Gasteiger partial charge on any atom is -0.491 e. The van der Waals surface area contributed by atoms with Crippen molar-refractivity contribution in [2.45, 2.75) is 18.8 Å². The SMILES string of the molecule is O=[N+]([O-])c1ccc(OC[C@@H](O)[C@@H](O)COCc2ccccc2)cc1. The standard InChI is InChI=1S/C17H19NO6/c19-16(11-23-10-13-4-2-1-3-5-13)17(20)12-24-15-8-6-14(7-9-15)18(21)22/h1-9,16-17,19-20H,10-12H2/t16-,17+/m0/s1. The van der Waals surface area contributed by atoms with Gasteiger partial charge in [0.25, 0.3) is 5.69 Å². The summed E-state index contributed by atoms with van der Waals surface area (Å²) in [6.45, 7) is 0.168. The first-order valence-corrected chi connectivity index (χ1v) is 7.41. The van der Waals surface area contributed by atoms with E-state index in [0.717, 1.165) is 5.56 Å². The van der Waals surface area contributed by atoms with Crippen LogP contribution in [0.3, 0.4) is 0 Å². The molecule has 0 bridgehead atoms. The molecule has 7 nitrogen and oxygen atoms in total. The van der Waals surface area contributed by atoms with Crippen molar-refractivity contribution < 1.29 is 24.6 Å². The largest absolute Gasteiger partial charge is 0.491 e. The number of aliphatic hydroxyl groups excluding tert-OH is 2. The lowest BCUT2D eigenvalue weighted by Gasteiger charge is -2.18. The monoisotopic (exact) mass is 333 g/mol. The van der Waals surface area contributed by atoms with Gasteiger partial charge in [-0.15, -0.1) is 0 Å². The quantitative estimate of drug-likeness (QED) is 0.537. The van der Waals surface area contributed by atoms with E-state index in [1.807, 2.05) is 30.3 Å². The summed E-state index contributed by atoms with van der Waals surface area (Å²) in [7, 11) is 0. The Balaban J connectivity index is 1.71. The molecule has 0 aliphatic rings. The first kappa shape index (κ1) is 17.9. The summed E-state index contributed by atoms with van der Waals surface area (Å²) >= 11 is 0. The molecule has 24 heavy (non-hydrogen) atoms. The number of hydrogen-bond donors (Lipinski definition) is 2. The third-order valence-electron chi connectivity index (χ3n) is 3.31. The summed E-state index contributed by atoms with van der Waals surface area (Å²) in [5.41, 5.74) is 0.929. The molecule has 2 N–H and O–H groups in total. The predicted molar refractivity (Wildman–Crippen MR) is 86.7 cm³/mol. The van der Waals surface area contributed by atoms with Crippen molar-refractivity contribution in [3.05, 3.63) is 70.3 Å². The lowest BCUT2D eigenvalue weighted by Crippen LogP contribution is -2.35. The van der Waals surface area contributed by atoms with E-state index in [-0.39, 0.29) is 18.9 Å². The van der Waals surface area contributed by atoms with Crippen LogP contribution in [-0.4, -0.2) is 40.6 Å². The number of ether oxygens (including phenoxy) is 2. The van der Waals surface area contributed by atoms with Gasteiger partial charge in [-0.05, 0) is 17.7 Å². The van der Waals surface area contributed by atoms with Crippen LogP contribution in [0.2, 0.25) is 0 Å². The lowest BCUT2D eigenvalue weighted by molar-refractivity contribution is -0.384. The fourth-order valence-corrected chi connectivity index (χ4v) is 1.94. The van der Waals surface area contributed by atoms with Crippen molar-refractivity contribution in [1.29, 1.82) is 0 Å². The van der Waals surface area contributed by atoms with Gasteiger partial charge in [0.05, 0.1) is 18.1 Å². The molecule has 2 aromatic carbocycles. The van der Waals surface area contributed by atoms with E-state index in [0.29, 0.717) is 12.4 Å². The van der Waals surface area contributed by atoms with Gasteiger partial charge in [-0.2, -0.15) is 0 Å². The summed E-state index contributed by atoms with van der Waals surface area (Å²) in [5, 5.41) is 30.3. The van der Waals surface area contributed by atoms with Crippen molar-refractivity contribution in [3.63, 3.8) is 0 Å². The maximum absolute atomic E-state index is 10.5. The number of rotatable bonds is 9. The van der Waals surface area contributed by atoms with Gasteiger partial charge < -0.3 is 19.7 Å². The Labute approximate surface area is 139 Å². The maximum Gasteiger partial charge on any atom is 0.269 e. The number of non-ortho nitro benzene ring substituents is 1. The first-order chi connectivity index (χ1) is 11.6. The molecular weight excluding hydrogens is 314 g/mol. The van der Waals surface area contributed by atoms with Crippen LogP contribution in [0.25, 0.3) is 0 Å². The molecule has 0 aliphatic heterocycles. The number of nitro groups is 1. The van der Waals surface area contributed by atoms with Crippen LogP contribution < -0.4 is 4.74 Å². The zero-order valence-electron chi connectivity index (χ0n) is 12.9. The molecule has 0 aromatic heterocycles. The second-order valence-corrected chi connectivity index (χ2v) is 5.20. The Hall–Kier alpha value is -2.48. The van der Waals surface area contributed by atoms with Crippen LogP contribution in [-0.2, 0) is 11.3 Å². The zero-order chi connectivity index (χ0) is 17.4. The molecule has 0 saturated heterocycles. The Morgan fingerprint density at radius 3 is 2.21 bits per heavy atom. The van der Waals surface area contributed by atoms with Gasteiger partial charge in [0, 0.05) is 12.1 Å². The maximum atomic E-state index is 10.5. The van der Waals surface area contributed by atoms with Gasteiger partial charge in [0.1, 0.15) is 24.6 Å². The minimum absolute atomic E-state index is 0.0281. The van der Waals surface area contributed by atoms with Crippen LogP contribution in [0.15, 0.2) is 54.6 Å². The van der Waals surface area contributed by atoms with E-state index >= 15 is 0 Å². The third kappa shape index (κ3) is 5.62. The highest BCUT2D eigenvalue weighted by atomic mass is 16.6. The van der Waals surface area contributed by atoms with E-state index in [9.17, 15) is 20.3 Å². The summed E-state index contributed by atoms with van der Waals surface area (Å²) in [6, 6.07) is 15.0. The summed E-state index contributed by atoms with van der Waals surface area (Å²) in [6.07, 6.45) is -2.22. The van der Waals surface area contributed by atoms with Crippen molar-refractivity contribution in [3.8, 4) is 5.75 Å². The van der Waals surface area contributed by atoms with Crippen molar-refractivity contribution in [1.82, 2.24) is 0 Å². The minimum atomic E-state index is -1.13. The second kappa shape index (κ2) is 8.97. The first-order valence-electron chi connectivity index (χ1n) is 7.41. The average molecular weight is 333 g/mol. The molecule has 128 valence electrons. The normalized spacial score (nSPS) is 13.2. The average Bonchev–Trinajstić information content (AvgIpc) is 2.60. The molecule has 0 unspecified atom stereocenters. The molecule has 0 spiro atoms. The molecule has 0 aliphatic carbocycles. The van der Waals surface area contributed by atoms with Crippen molar-refractivity contribution in [2.75, 3.05) is 13.2 Å². The van der Waals surface area contributed by atoms with E-state index in [4.69, 9.17) is 9.47 Å². The molecule has 0 fully saturated rings. The van der Waals surface area contributed by atoms with Gasteiger partial charge in [0.15, 0.2) is 0 Å². The van der Waals surface area contributed by atoms with Crippen LogP contribution in [0.5, 0.6) is 5.75 Å². The summed E-state index contributed by atoms with van der Waals surface area (Å²) in [4.78, 5) is 10.0. The van der Waals surface area contributed by atoms with E-state index in [2.05, 4.69) is 0 Å². The molecule has 2 rings (SSSR count). The number of aliphatic hydroxyl groups is 2. The number of nitro benzene ring substituents is 1. The Morgan fingerprint density at radius 1 is 0.958 bits per heavy atom. The van der Waals surface area contributed by atoms with E-state index in [1.54, 1.807) is 0 Å². The third-order valence-corrected chi connectivity index (χ3v) is 3.31. The number of hydrogen-bond acceptors (Lipinski definition) is 6. The van der Waals surface area contributed by atoms with Gasteiger partial charge in [0.2, 0.25) is 0 Å². The summed E-state index contributed by atoms with van der Waals surface area (Å²) < 4.78 is 10.7. The number of benzene rings is 2. The Kier molecular flexibility index (Phi) is 6.68. The highest BCUT2D eigenvalue weighted by Crippen LogP contribution is 2.17. The van der Waals surface area contributed by atoms with Crippen LogP contribution in [0.4, 0.5) is 5.69 Å². The highest BCUT2D eigenvalue weighted by Gasteiger charge is 2.17. The van der Waals surface area contributed by atoms with Gasteiger partial charge >= 0.3 is 0 Å². The zero-order valence-corrected chi connectivity index (χ0v) is 12.9. The molecule has 0 amide bonds. The Morgan fingerprint density at radius 2 is 1.58 bits per heavy atom. The van der Waals surface area contributed by atoms with Gasteiger partial charge in [-0.1, -0.05) is 30.3 Å². The van der Waals surface area contributed by atoms with Gasteiger partial charge in [-0.25, -0.2) is 0 Å². The van der Waals surface area contributed by atoms with Gasteiger partial charge in [-0.3, -0.25) is 10.1 Å². The topological polar surface area (TPSA) is 102 Å². The van der Waals surface area contributed by atoms with E-state index in [1.165, 1.54) is 24.3 Å². The fraction of sp³-hybridized carbons (Fsp3) is 0.294. The molecule has 2 atom stereocenters. The van der Waals surface area contributed by atoms with Crippen LogP contribution >= 0.6 is 0 Å². The molecule has 0 saturated carbocycles. The molecule has 7 heteroatoms. The molecular formula is C17H19NO6. The van der Waals surface area contributed by atoms with E-state index < -0.39 is 17.1 Å². The number of nitrogens with zero attached hydrogens (tertiary/aromatic N) is 1. The second-order valence-electron chi connectivity index (χ2n) is 5.20.